The molecule has 0 saturated carbocycles. The molecule has 0 aliphatic heterocycles. The van der Waals surface area contributed by atoms with Crippen LogP contribution in [0.2, 0.25) is 0 Å². The van der Waals surface area contributed by atoms with Crippen molar-refractivity contribution in [3.8, 4) is 5.69 Å². The van der Waals surface area contributed by atoms with Crippen LogP contribution in [0.15, 0.2) is 28.9 Å². The first-order chi connectivity index (χ1) is 9.08. The van der Waals surface area contributed by atoms with Crippen molar-refractivity contribution in [3.63, 3.8) is 0 Å². The fourth-order valence-corrected chi connectivity index (χ4v) is 3.04. The van der Waals surface area contributed by atoms with E-state index in [0.29, 0.717) is 17.3 Å². The number of fused-ring (bicyclic) bond motifs is 1. The van der Waals surface area contributed by atoms with Gasteiger partial charge < -0.3 is 9.67 Å². The van der Waals surface area contributed by atoms with Crippen LogP contribution in [0.4, 0.5) is 8.78 Å². The maximum absolute atomic E-state index is 14.0. The van der Waals surface area contributed by atoms with Gasteiger partial charge in [-0.2, -0.15) is 0 Å². The maximum atomic E-state index is 14.0. The molecular weight excluding hydrogens is 316 g/mol. The van der Waals surface area contributed by atoms with Crippen LogP contribution < -0.4 is 0 Å². The largest absolute Gasteiger partial charge is 0.388 e. The number of hydrogen-bond donors (Lipinski definition) is 1. The van der Waals surface area contributed by atoms with Crippen LogP contribution in [0.1, 0.15) is 30.2 Å². The monoisotopic (exact) mass is 327 g/mol. The minimum atomic E-state index is -0.620. The average molecular weight is 328 g/mol. The molecule has 0 fully saturated rings. The molecule has 2 nitrogen and oxygen atoms in total. The zero-order valence-electron chi connectivity index (χ0n) is 10.0. The van der Waals surface area contributed by atoms with Gasteiger partial charge >= 0.3 is 0 Å². The number of halogens is 3. The Morgan fingerprint density at radius 1 is 1.26 bits per heavy atom. The number of hydrogen-bond acceptors (Lipinski definition) is 1. The molecule has 1 N–H and O–H groups in total. The highest BCUT2D eigenvalue weighted by Crippen LogP contribution is 2.33. The van der Waals surface area contributed by atoms with Crippen molar-refractivity contribution in [2.75, 3.05) is 0 Å². The number of rotatable bonds is 1. The highest BCUT2D eigenvalue weighted by molar-refractivity contribution is 9.10. The first-order valence-electron chi connectivity index (χ1n) is 6.11. The van der Waals surface area contributed by atoms with Crippen LogP contribution in [0.5, 0.6) is 0 Å². The molecule has 5 heteroatoms. The fraction of sp³-hybridized carbons (Fsp3) is 0.286. The molecule has 1 aromatic heterocycles. The van der Waals surface area contributed by atoms with Crippen LogP contribution in [-0.4, -0.2) is 9.67 Å². The molecule has 1 atom stereocenters. The summed E-state index contributed by atoms with van der Waals surface area (Å²) in [6, 6.07) is 4.22. The summed E-state index contributed by atoms with van der Waals surface area (Å²) in [5, 5.41) is 9.90. The zero-order chi connectivity index (χ0) is 13.6. The molecule has 0 saturated heterocycles. The summed E-state index contributed by atoms with van der Waals surface area (Å²) in [7, 11) is 0. The van der Waals surface area contributed by atoms with E-state index in [-0.39, 0.29) is 5.69 Å². The van der Waals surface area contributed by atoms with Gasteiger partial charge in [-0.3, -0.25) is 0 Å². The summed E-state index contributed by atoms with van der Waals surface area (Å²) in [4.78, 5) is 0. The lowest BCUT2D eigenvalue weighted by Gasteiger charge is -2.20. The van der Waals surface area contributed by atoms with Gasteiger partial charge in [-0.25, -0.2) is 8.78 Å². The van der Waals surface area contributed by atoms with Gasteiger partial charge in [-0.1, -0.05) is 15.9 Å². The van der Waals surface area contributed by atoms with E-state index in [1.54, 1.807) is 12.3 Å². The van der Waals surface area contributed by atoms with E-state index in [1.165, 1.54) is 16.7 Å². The third-order valence-electron chi connectivity index (χ3n) is 3.50. The average Bonchev–Trinajstić information content (AvgIpc) is 2.73. The van der Waals surface area contributed by atoms with Crippen molar-refractivity contribution < 1.29 is 13.9 Å². The second kappa shape index (κ2) is 4.72. The van der Waals surface area contributed by atoms with Gasteiger partial charge in [0.15, 0.2) is 11.6 Å². The molecule has 3 rings (SSSR count). The quantitative estimate of drug-likeness (QED) is 0.844. The Morgan fingerprint density at radius 2 is 1.95 bits per heavy atom. The SMILES string of the molecule is OC1CCCc2c1ccn2-c1c(F)cc(Br)cc1F. The molecule has 100 valence electrons. The van der Waals surface area contributed by atoms with E-state index in [4.69, 9.17) is 0 Å². The Balaban J connectivity index is 2.19. The number of benzene rings is 1. The Labute approximate surface area is 117 Å². The molecule has 0 amide bonds. The van der Waals surface area contributed by atoms with Crippen molar-refractivity contribution in [2.45, 2.75) is 25.4 Å². The Morgan fingerprint density at radius 3 is 2.63 bits per heavy atom. The van der Waals surface area contributed by atoms with Crippen LogP contribution in [-0.2, 0) is 6.42 Å². The number of aromatic nitrogens is 1. The van der Waals surface area contributed by atoms with Gasteiger partial charge in [-0.15, -0.1) is 0 Å². The van der Waals surface area contributed by atoms with E-state index >= 15 is 0 Å². The van der Waals surface area contributed by atoms with E-state index in [1.807, 2.05) is 0 Å². The Kier molecular flexibility index (Phi) is 3.19. The molecule has 0 spiro atoms. The first kappa shape index (κ1) is 12.8. The van der Waals surface area contributed by atoms with Gasteiger partial charge in [0.25, 0.3) is 0 Å². The van der Waals surface area contributed by atoms with Gasteiger partial charge in [0.05, 0.1) is 6.10 Å². The Hall–Kier alpha value is -1.20. The highest BCUT2D eigenvalue weighted by Gasteiger charge is 2.24. The molecular formula is C14H12BrF2NO. The summed E-state index contributed by atoms with van der Waals surface area (Å²) in [5.74, 6) is -1.24. The van der Waals surface area contributed by atoms with Gasteiger partial charge in [0.2, 0.25) is 0 Å². The molecule has 1 unspecified atom stereocenters. The second-order valence-corrected chi connectivity index (χ2v) is 5.63. The van der Waals surface area contributed by atoms with Crippen molar-refractivity contribution >= 4 is 15.9 Å². The molecule has 0 bridgehead atoms. The Bertz CT molecular complexity index is 615. The van der Waals surface area contributed by atoms with Crippen molar-refractivity contribution in [3.05, 3.63) is 51.8 Å². The molecule has 2 aromatic rings. The van der Waals surface area contributed by atoms with E-state index in [0.717, 1.165) is 17.7 Å². The minimum Gasteiger partial charge on any atom is -0.388 e. The highest BCUT2D eigenvalue weighted by atomic mass is 79.9. The van der Waals surface area contributed by atoms with E-state index < -0.39 is 17.7 Å². The maximum Gasteiger partial charge on any atom is 0.151 e. The summed E-state index contributed by atoms with van der Waals surface area (Å²) >= 11 is 3.07. The summed E-state index contributed by atoms with van der Waals surface area (Å²) in [6.45, 7) is 0. The predicted octanol–water partition coefficient (Wildman–Crippen LogP) is 3.89. The van der Waals surface area contributed by atoms with Crippen LogP contribution in [0.25, 0.3) is 5.69 Å². The van der Waals surface area contributed by atoms with Crippen molar-refractivity contribution in [1.82, 2.24) is 4.57 Å². The lowest BCUT2D eigenvalue weighted by atomic mass is 9.95. The normalized spacial score (nSPS) is 18.4. The third-order valence-corrected chi connectivity index (χ3v) is 3.96. The van der Waals surface area contributed by atoms with Crippen molar-refractivity contribution in [1.29, 1.82) is 0 Å². The zero-order valence-corrected chi connectivity index (χ0v) is 11.6. The minimum absolute atomic E-state index is 0.0847. The number of aliphatic hydroxyl groups excluding tert-OH is 1. The summed E-state index contributed by atoms with van der Waals surface area (Å²) in [5.41, 5.74) is 1.48. The predicted molar refractivity (Wildman–Crippen MR) is 71.3 cm³/mol. The van der Waals surface area contributed by atoms with Crippen LogP contribution >= 0.6 is 15.9 Å². The standard InChI is InChI=1S/C14H12BrF2NO/c15-8-6-10(16)14(11(17)7-8)18-5-4-9-12(18)2-1-3-13(9)19/h4-7,13,19H,1-3H2. The summed E-state index contributed by atoms with van der Waals surface area (Å²) < 4.78 is 29.9. The molecule has 1 aromatic carbocycles. The molecule has 0 radical (unpaired) electrons. The smallest absolute Gasteiger partial charge is 0.151 e. The fourth-order valence-electron chi connectivity index (χ4n) is 2.64. The topological polar surface area (TPSA) is 25.2 Å². The lowest BCUT2D eigenvalue weighted by molar-refractivity contribution is 0.156. The first-order valence-corrected chi connectivity index (χ1v) is 6.90. The molecule has 1 aliphatic carbocycles. The van der Waals surface area contributed by atoms with Crippen molar-refractivity contribution in [2.24, 2.45) is 0 Å². The van der Waals surface area contributed by atoms with E-state index in [2.05, 4.69) is 15.9 Å². The van der Waals surface area contributed by atoms with Gasteiger partial charge in [-0.05, 0) is 37.5 Å². The van der Waals surface area contributed by atoms with Crippen LogP contribution in [0, 0.1) is 11.6 Å². The van der Waals surface area contributed by atoms with E-state index in [9.17, 15) is 13.9 Å². The molecule has 1 aliphatic rings. The number of nitrogens with zero attached hydrogens (tertiary/aromatic N) is 1. The van der Waals surface area contributed by atoms with Crippen LogP contribution in [0.3, 0.4) is 0 Å². The number of aliphatic hydroxyl groups is 1. The van der Waals surface area contributed by atoms with Gasteiger partial charge in [0, 0.05) is 21.9 Å². The molecule has 1 heterocycles. The molecule has 19 heavy (non-hydrogen) atoms. The summed E-state index contributed by atoms with van der Waals surface area (Å²) in [6.07, 6.45) is 3.31. The lowest BCUT2D eigenvalue weighted by Crippen LogP contribution is -2.12. The van der Waals surface area contributed by atoms with Gasteiger partial charge in [0.1, 0.15) is 5.69 Å². The third kappa shape index (κ3) is 2.11. The second-order valence-electron chi connectivity index (χ2n) is 4.71.